The van der Waals surface area contributed by atoms with Crippen LogP contribution in [0.2, 0.25) is 5.02 Å². The number of hydrogen-bond donors (Lipinski definition) is 2. The van der Waals surface area contributed by atoms with Gasteiger partial charge in [0, 0.05) is 18.6 Å². The van der Waals surface area contributed by atoms with Gasteiger partial charge in [-0.05, 0) is 25.0 Å². The largest absolute Gasteiger partial charge is 0.376 e. The zero-order chi connectivity index (χ0) is 14.3. The van der Waals surface area contributed by atoms with Crippen molar-refractivity contribution in [1.82, 2.24) is 5.32 Å². The van der Waals surface area contributed by atoms with E-state index in [1.54, 1.807) is 0 Å². The zero-order valence-electron chi connectivity index (χ0n) is 10.8. The average molecular weight is 299 g/mol. The van der Waals surface area contributed by atoms with E-state index in [2.05, 4.69) is 5.32 Å². The Kier molecular flexibility index (Phi) is 3.67. The van der Waals surface area contributed by atoms with Crippen molar-refractivity contribution in [2.75, 3.05) is 6.61 Å². The van der Waals surface area contributed by atoms with E-state index in [1.165, 1.54) is 18.2 Å². The second kappa shape index (κ2) is 5.31. The Morgan fingerprint density at radius 3 is 3.05 bits per heavy atom. The summed E-state index contributed by atoms with van der Waals surface area (Å²) in [6, 6.07) is 3.74. The minimum atomic E-state index is -0.635. The number of carbonyl (C=O) groups is 1. The van der Waals surface area contributed by atoms with Gasteiger partial charge in [0.15, 0.2) is 0 Å². The van der Waals surface area contributed by atoms with Crippen LogP contribution in [0, 0.1) is 11.7 Å². The Bertz CT molecular complexity index is 520. The summed E-state index contributed by atoms with van der Waals surface area (Å²) in [6.45, 7) is 0.681. The maximum atomic E-state index is 13.7. The molecule has 0 bridgehead atoms. The predicted octanol–water partition coefficient (Wildman–Crippen LogP) is 1.71. The SMILES string of the molecule is NC1C2CCCOC2C1NC(=O)c1c(F)cccc1Cl. The van der Waals surface area contributed by atoms with E-state index in [-0.39, 0.29) is 34.7 Å². The topological polar surface area (TPSA) is 64.3 Å². The first-order chi connectivity index (χ1) is 9.59. The van der Waals surface area contributed by atoms with E-state index in [4.69, 9.17) is 22.1 Å². The Morgan fingerprint density at radius 1 is 1.50 bits per heavy atom. The van der Waals surface area contributed by atoms with E-state index in [1.807, 2.05) is 0 Å². The minimum absolute atomic E-state index is 0.0618. The molecule has 3 rings (SSSR count). The van der Waals surface area contributed by atoms with E-state index in [0.29, 0.717) is 6.61 Å². The van der Waals surface area contributed by atoms with Gasteiger partial charge in [-0.1, -0.05) is 17.7 Å². The van der Waals surface area contributed by atoms with Crippen molar-refractivity contribution in [2.24, 2.45) is 11.7 Å². The first-order valence-corrected chi connectivity index (χ1v) is 7.09. The van der Waals surface area contributed by atoms with Crippen molar-refractivity contribution < 1.29 is 13.9 Å². The van der Waals surface area contributed by atoms with Crippen molar-refractivity contribution in [3.8, 4) is 0 Å². The molecule has 1 amide bonds. The van der Waals surface area contributed by atoms with Crippen LogP contribution in [0.1, 0.15) is 23.2 Å². The van der Waals surface area contributed by atoms with Crippen LogP contribution in [-0.4, -0.2) is 30.7 Å². The third-order valence-corrected chi connectivity index (χ3v) is 4.48. The molecule has 2 fully saturated rings. The van der Waals surface area contributed by atoms with E-state index in [0.717, 1.165) is 12.8 Å². The third kappa shape index (κ3) is 2.20. The van der Waals surface area contributed by atoms with Crippen molar-refractivity contribution in [3.05, 3.63) is 34.6 Å². The molecule has 3 N–H and O–H groups in total. The van der Waals surface area contributed by atoms with Gasteiger partial charge in [0.1, 0.15) is 5.82 Å². The summed E-state index contributed by atoms with van der Waals surface area (Å²) in [5.41, 5.74) is 5.92. The Morgan fingerprint density at radius 2 is 2.30 bits per heavy atom. The highest BCUT2D eigenvalue weighted by molar-refractivity contribution is 6.33. The van der Waals surface area contributed by atoms with Crippen molar-refractivity contribution in [2.45, 2.75) is 31.0 Å². The van der Waals surface area contributed by atoms with E-state index >= 15 is 0 Å². The molecule has 20 heavy (non-hydrogen) atoms. The molecule has 1 saturated carbocycles. The summed E-state index contributed by atoms with van der Waals surface area (Å²) >= 11 is 5.88. The lowest BCUT2D eigenvalue weighted by Gasteiger charge is -2.52. The molecule has 2 aliphatic rings. The maximum absolute atomic E-state index is 13.7. The van der Waals surface area contributed by atoms with Crippen molar-refractivity contribution in [1.29, 1.82) is 0 Å². The van der Waals surface area contributed by atoms with E-state index < -0.39 is 11.7 Å². The smallest absolute Gasteiger partial charge is 0.256 e. The molecular formula is C14H16ClFN2O2. The third-order valence-electron chi connectivity index (χ3n) is 4.16. The molecule has 1 aromatic rings. The van der Waals surface area contributed by atoms with Crippen molar-refractivity contribution >= 4 is 17.5 Å². The highest BCUT2D eigenvalue weighted by Gasteiger charge is 2.51. The molecule has 1 aliphatic carbocycles. The van der Waals surface area contributed by atoms with Gasteiger partial charge in [0.2, 0.25) is 0 Å². The summed E-state index contributed by atoms with van der Waals surface area (Å²) < 4.78 is 19.3. The fourth-order valence-corrected chi connectivity index (χ4v) is 3.31. The Balaban J connectivity index is 1.73. The van der Waals surface area contributed by atoms with Gasteiger partial charge in [0.25, 0.3) is 5.91 Å². The van der Waals surface area contributed by atoms with E-state index in [9.17, 15) is 9.18 Å². The molecule has 1 heterocycles. The molecule has 108 valence electrons. The van der Waals surface area contributed by atoms with Crippen LogP contribution in [0.3, 0.4) is 0 Å². The van der Waals surface area contributed by atoms with Gasteiger partial charge in [0.05, 0.1) is 22.7 Å². The summed E-state index contributed by atoms with van der Waals surface area (Å²) in [6.07, 6.45) is 1.95. The molecule has 0 aromatic heterocycles. The van der Waals surface area contributed by atoms with Gasteiger partial charge in [-0.15, -0.1) is 0 Å². The molecule has 0 radical (unpaired) electrons. The lowest BCUT2D eigenvalue weighted by atomic mass is 9.68. The zero-order valence-corrected chi connectivity index (χ0v) is 11.6. The number of benzene rings is 1. The molecule has 1 aliphatic heterocycles. The van der Waals surface area contributed by atoms with Crippen LogP contribution in [-0.2, 0) is 4.74 Å². The van der Waals surface area contributed by atoms with Crippen LogP contribution >= 0.6 is 11.6 Å². The number of hydrogen-bond acceptors (Lipinski definition) is 3. The summed E-state index contributed by atoms with van der Waals surface area (Å²) in [5, 5.41) is 2.84. The standard InChI is InChI=1S/C14H16ClFN2O2/c15-8-4-1-5-9(16)10(8)14(19)18-12-11(17)7-3-2-6-20-13(7)12/h1,4-5,7,11-13H,2-3,6,17H2,(H,18,19). The molecule has 0 spiro atoms. The van der Waals surface area contributed by atoms with Crippen LogP contribution in [0.25, 0.3) is 0 Å². The monoisotopic (exact) mass is 298 g/mol. The first kappa shape index (κ1) is 13.8. The number of fused-ring (bicyclic) bond motifs is 1. The molecule has 4 unspecified atom stereocenters. The fourth-order valence-electron chi connectivity index (χ4n) is 3.06. The molecule has 1 saturated heterocycles. The number of amides is 1. The van der Waals surface area contributed by atoms with Crippen molar-refractivity contribution in [3.63, 3.8) is 0 Å². The second-order valence-corrected chi connectivity index (χ2v) is 5.72. The minimum Gasteiger partial charge on any atom is -0.376 e. The summed E-state index contributed by atoms with van der Waals surface area (Å²) in [5.74, 6) is -0.893. The molecule has 6 heteroatoms. The van der Waals surface area contributed by atoms with Crippen LogP contribution in [0.15, 0.2) is 18.2 Å². The second-order valence-electron chi connectivity index (χ2n) is 5.31. The molecule has 4 atom stereocenters. The van der Waals surface area contributed by atoms with Crippen LogP contribution in [0.4, 0.5) is 4.39 Å². The van der Waals surface area contributed by atoms with Gasteiger partial charge < -0.3 is 15.8 Å². The molecule has 1 aromatic carbocycles. The Labute approximate surface area is 121 Å². The van der Waals surface area contributed by atoms with Gasteiger partial charge in [-0.2, -0.15) is 0 Å². The lowest BCUT2D eigenvalue weighted by Crippen LogP contribution is -2.72. The number of ether oxygens (including phenoxy) is 1. The summed E-state index contributed by atoms with van der Waals surface area (Å²) in [4.78, 5) is 12.2. The maximum Gasteiger partial charge on any atom is 0.256 e. The lowest BCUT2D eigenvalue weighted by molar-refractivity contribution is -0.117. The quantitative estimate of drug-likeness (QED) is 0.874. The number of halogens is 2. The van der Waals surface area contributed by atoms with Crippen LogP contribution in [0.5, 0.6) is 0 Å². The van der Waals surface area contributed by atoms with Crippen LogP contribution < -0.4 is 11.1 Å². The average Bonchev–Trinajstić information content (AvgIpc) is 2.44. The number of nitrogens with two attached hydrogens (primary N) is 1. The highest BCUT2D eigenvalue weighted by Crippen LogP contribution is 2.37. The highest BCUT2D eigenvalue weighted by atomic mass is 35.5. The predicted molar refractivity (Wildman–Crippen MR) is 73.1 cm³/mol. The molecule has 4 nitrogen and oxygen atoms in total. The van der Waals surface area contributed by atoms with Gasteiger partial charge in [-0.25, -0.2) is 4.39 Å². The van der Waals surface area contributed by atoms with Gasteiger partial charge in [-0.3, -0.25) is 4.79 Å². The normalized spacial score (nSPS) is 32.1. The fraction of sp³-hybridized carbons (Fsp3) is 0.500. The first-order valence-electron chi connectivity index (χ1n) is 6.71. The number of rotatable bonds is 2. The summed E-state index contributed by atoms with van der Waals surface area (Å²) in [7, 11) is 0. The Hall–Kier alpha value is -1.17. The number of nitrogens with one attached hydrogen (secondary N) is 1. The molecular weight excluding hydrogens is 283 g/mol. The number of carbonyl (C=O) groups excluding carboxylic acids is 1. The van der Waals surface area contributed by atoms with Gasteiger partial charge >= 0.3 is 0 Å².